The van der Waals surface area contributed by atoms with Crippen molar-refractivity contribution in [3.8, 4) is 5.69 Å². The zero-order valence-corrected chi connectivity index (χ0v) is 14.0. The van der Waals surface area contributed by atoms with Gasteiger partial charge < -0.3 is 5.32 Å². The standard InChI is InChI=1S/C15H13FN6O3S/c16-11-3-6-13(14(7-11)22-9-19-20-21-22)15(23)18-8-10-1-4-12(5-2-10)26(17,24)25/h1-7,9H,8H2,(H,18,23)(H2,17,24,25). The fraction of sp³-hybridized carbons (Fsp3) is 0.0667. The van der Waals surface area contributed by atoms with Crippen molar-refractivity contribution in [2.24, 2.45) is 5.14 Å². The minimum atomic E-state index is -3.77. The molecule has 0 saturated carbocycles. The third-order valence-corrected chi connectivity index (χ3v) is 4.43. The van der Waals surface area contributed by atoms with Crippen LogP contribution in [-0.2, 0) is 16.6 Å². The lowest BCUT2D eigenvalue weighted by Gasteiger charge is -2.10. The lowest BCUT2D eigenvalue weighted by atomic mass is 10.1. The molecular weight excluding hydrogens is 363 g/mol. The molecule has 0 unspecified atom stereocenters. The summed E-state index contributed by atoms with van der Waals surface area (Å²) in [6.07, 6.45) is 1.25. The second-order valence-electron chi connectivity index (χ2n) is 5.29. The Morgan fingerprint density at radius 1 is 1.19 bits per heavy atom. The van der Waals surface area contributed by atoms with Crippen LogP contribution in [0.2, 0.25) is 0 Å². The van der Waals surface area contributed by atoms with E-state index in [0.29, 0.717) is 5.56 Å². The van der Waals surface area contributed by atoms with Gasteiger partial charge in [-0.3, -0.25) is 4.79 Å². The summed E-state index contributed by atoms with van der Waals surface area (Å²) in [4.78, 5) is 12.4. The Bertz CT molecular complexity index is 1040. The molecule has 0 aliphatic carbocycles. The summed E-state index contributed by atoms with van der Waals surface area (Å²) in [6, 6.07) is 9.39. The van der Waals surface area contributed by atoms with Crippen molar-refractivity contribution in [2.45, 2.75) is 11.4 Å². The number of carbonyl (C=O) groups excluding carboxylic acids is 1. The Kier molecular flexibility index (Phi) is 4.73. The number of hydrogen-bond donors (Lipinski definition) is 2. The SMILES string of the molecule is NS(=O)(=O)c1ccc(CNC(=O)c2ccc(F)cc2-n2cnnn2)cc1. The van der Waals surface area contributed by atoms with Crippen LogP contribution in [0.3, 0.4) is 0 Å². The van der Waals surface area contributed by atoms with Gasteiger partial charge in [-0.25, -0.2) is 17.9 Å². The molecule has 0 saturated heterocycles. The van der Waals surface area contributed by atoms with Crippen LogP contribution >= 0.6 is 0 Å². The van der Waals surface area contributed by atoms with Gasteiger partial charge >= 0.3 is 0 Å². The summed E-state index contributed by atoms with van der Waals surface area (Å²) in [5, 5.41) is 18.3. The maximum absolute atomic E-state index is 13.5. The summed E-state index contributed by atoms with van der Waals surface area (Å²) in [6.45, 7) is 0.135. The van der Waals surface area contributed by atoms with E-state index in [-0.39, 0.29) is 22.7 Å². The number of nitrogens with zero attached hydrogens (tertiary/aromatic N) is 4. The van der Waals surface area contributed by atoms with E-state index in [0.717, 1.165) is 12.1 Å². The molecule has 2 aromatic carbocycles. The number of primary sulfonamides is 1. The summed E-state index contributed by atoms with van der Waals surface area (Å²) >= 11 is 0. The van der Waals surface area contributed by atoms with Crippen LogP contribution in [0, 0.1) is 5.82 Å². The van der Waals surface area contributed by atoms with E-state index < -0.39 is 21.7 Å². The summed E-state index contributed by atoms with van der Waals surface area (Å²) in [5.41, 5.74) is 1.04. The minimum absolute atomic E-state index is 0.0212. The zero-order valence-electron chi connectivity index (χ0n) is 13.2. The highest BCUT2D eigenvalue weighted by Gasteiger charge is 2.15. The maximum atomic E-state index is 13.5. The summed E-state index contributed by atoms with van der Waals surface area (Å²) in [7, 11) is -3.77. The van der Waals surface area contributed by atoms with E-state index in [1.807, 2.05) is 0 Å². The van der Waals surface area contributed by atoms with E-state index in [9.17, 15) is 17.6 Å². The van der Waals surface area contributed by atoms with Gasteiger partial charge in [-0.05, 0) is 40.3 Å². The Labute approximate surface area is 147 Å². The van der Waals surface area contributed by atoms with E-state index in [4.69, 9.17) is 5.14 Å². The predicted octanol–water partition coefficient (Wildman–Crippen LogP) is 0.379. The molecule has 0 aliphatic heterocycles. The second kappa shape index (κ2) is 6.98. The molecule has 0 aliphatic rings. The van der Waals surface area contributed by atoms with E-state index in [1.165, 1.54) is 41.3 Å². The van der Waals surface area contributed by atoms with Crippen LogP contribution in [0.5, 0.6) is 0 Å². The number of benzene rings is 2. The number of sulfonamides is 1. The summed E-state index contributed by atoms with van der Waals surface area (Å²) in [5.74, 6) is -1.00. The van der Waals surface area contributed by atoms with Crippen molar-refractivity contribution in [2.75, 3.05) is 0 Å². The van der Waals surface area contributed by atoms with Crippen LogP contribution in [0.15, 0.2) is 53.7 Å². The van der Waals surface area contributed by atoms with Gasteiger partial charge in [-0.1, -0.05) is 12.1 Å². The van der Waals surface area contributed by atoms with Crippen LogP contribution < -0.4 is 10.5 Å². The van der Waals surface area contributed by atoms with Gasteiger partial charge in [0.05, 0.1) is 16.1 Å². The van der Waals surface area contributed by atoms with Crippen molar-refractivity contribution in [1.29, 1.82) is 0 Å². The Hall–Kier alpha value is -3.18. The highest BCUT2D eigenvalue weighted by molar-refractivity contribution is 7.89. The monoisotopic (exact) mass is 376 g/mol. The van der Waals surface area contributed by atoms with Gasteiger partial charge in [0.15, 0.2) is 0 Å². The molecule has 3 N–H and O–H groups in total. The molecule has 9 nitrogen and oxygen atoms in total. The number of amides is 1. The molecule has 0 radical (unpaired) electrons. The van der Waals surface area contributed by atoms with Crippen LogP contribution in [0.25, 0.3) is 5.69 Å². The largest absolute Gasteiger partial charge is 0.348 e. The van der Waals surface area contributed by atoms with Crippen molar-refractivity contribution >= 4 is 15.9 Å². The first kappa shape index (κ1) is 17.6. The van der Waals surface area contributed by atoms with Crippen molar-refractivity contribution in [3.05, 3.63) is 65.7 Å². The third-order valence-electron chi connectivity index (χ3n) is 3.51. The zero-order chi connectivity index (χ0) is 18.7. The number of aromatic nitrogens is 4. The van der Waals surface area contributed by atoms with Crippen LogP contribution in [0.4, 0.5) is 4.39 Å². The fourth-order valence-corrected chi connectivity index (χ4v) is 2.75. The molecule has 1 aromatic heterocycles. The number of halogens is 1. The lowest BCUT2D eigenvalue weighted by Crippen LogP contribution is -2.24. The molecule has 134 valence electrons. The topological polar surface area (TPSA) is 133 Å². The van der Waals surface area contributed by atoms with Gasteiger partial charge in [0, 0.05) is 12.6 Å². The quantitative estimate of drug-likeness (QED) is 0.661. The van der Waals surface area contributed by atoms with Gasteiger partial charge in [0.25, 0.3) is 5.91 Å². The molecule has 0 atom stereocenters. The molecule has 0 spiro atoms. The molecule has 0 fully saturated rings. The average molecular weight is 376 g/mol. The number of nitrogens with two attached hydrogens (primary N) is 1. The molecule has 1 amide bonds. The number of tetrazole rings is 1. The number of hydrogen-bond acceptors (Lipinski definition) is 6. The number of nitrogens with one attached hydrogen (secondary N) is 1. The third kappa shape index (κ3) is 3.90. The normalized spacial score (nSPS) is 11.3. The second-order valence-corrected chi connectivity index (χ2v) is 6.85. The van der Waals surface area contributed by atoms with E-state index in [2.05, 4.69) is 20.8 Å². The predicted molar refractivity (Wildman–Crippen MR) is 88.1 cm³/mol. The maximum Gasteiger partial charge on any atom is 0.253 e. The molecular formula is C15H13FN6O3S. The Morgan fingerprint density at radius 3 is 2.54 bits per heavy atom. The van der Waals surface area contributed by atoms with Crippen molar-refractivity contribution in [3.63, 3.8) is 0 Å². The molecule has 1 heterocycles. The van der Waals surface area contributed by atoms with E-state index >= 15 is 0 Å². The highest BCUT2D eigenvalue weighted by atomic mass is 32.2. The molecule has 3 rings (SSSR count). The summed E-state index contributed by atoms with van der Waals surface area (Å²) < 4.78 is 37.2. The number of carbonyl (C=O) groups is 1. The lowest BCUT2D eigenvalue weighted by molar-refractivity contribution is 0.0950. The van der Waals surface area contributed by atoms with Crippen molar-refractivity contribution < 1.29 is 17.6 Å². The smallest absolute Gasteiger partial charge is 0.253 e. The van der Waals surface area contributed by atoms with Crippen LogP contribution in [0.1, 0.15) is 15.9 Å². The molecule has 11 heteroatoms. The van der Waals surface area contributed by atoms with Gasteiger partial charge in [0.2, 0.25) is 10.0 Å². The Morgan fingerprint density at radius 2 is 1.92 bits per heavy atom. The van der Waals surface area contributed by atoms with Crippen molar-refractivity contribution in [1.82, 2.24) is 25.5 Å². The van der Waals surface area contributed by atoms with Crippen LogP contribution in [-0.4, -0.2) is 34.5 Å². The van der Waals surface area contributed by atoms with Gasteiger partial charge in [-0.2, -0.15) is 4.68 Å². The first-order valence-electron chi connectivity index (χ1n) is 7.27. The first-order valence-corrected chi connectivity index (χ1v) is 8.82. The fourth-order valence-electron chi connectivity index (χ4n) is 2.23. The highest BCUT2D eigenvalue weighted by Crippen LogP contribution is 2.15. The molecule has 3 aromatic rings. The molecule has 26 heavy (non-hydrogen) atoms. The molecule has 0 bridgehead atoms. The minimum Gasteiger partial charge on any atom is -0.348 e. The average Bonchev–Trinajstić information content (AvgIpc) is 3.13. The van der Waals surface area contributed by atoms with Gasteiger partial charge in [-0.15, -0.1) is 5.10 Å². The van der Waals surface area contributed by atoms with E-state index in [1.54, 1.807) is 0 Å². The first-order chi connectivity index (χ1) is 12.3. The number of rotatable bonds is 5. The Balaban J connectivity index is 1.77. The van der Waals surface area contributed by atoms with Gasteiger partial charge in [0.1, 0.15) is 12.1 Å².